The molecule has 0 saturated carbocycles. The van der Waals surface area contributed by atoms with Gasteiger partial charge in [-0.25, -0.2) is 0 Å². The first-order valence-corrected chi connectivity index (χ1v) is 5.49. The molecule has 0 aromatic carbocycles. The Labute approximate surface area is 98.5 Å². The highest BCUT2D eigenvalue weighted by Crippen LogP contribution is 2.25. The molecule has 0 saturated heterocycles. The third-order valence-corrected chi connectivity index (χ3v) is 3.06. The van der Waals surface area contributed by atoms with Gasteiger partial charge in [0.1, 0.15) is 11.6 Å². The first-order valence-electron chi connectivity index (χ1n) is 5.08. The predicted molar refractivity (Wildman–Crippen MR) is 61.9 cm³/mol. The van der Waals surface area contributed by atoms with Crippen LogP contribution in [0.3, 0.4) is 0 Å². The average molecular weight is 238 g/mol. The standard InChI is InChI=1S/C10H14N4OS/c1-5-9(7(3)15-13-5)6(2)14-8(4)11-12-10(14)16/h6H,1-4H3,(H,12,16). The summed E-state index contributed by atoms with van der Waals surface area (Å²) in [5.41, 5.74) is 1.97. The number of aromatic nitrogens is 4. The number of hydrogen-bond acceptors (Lipinski definition) is 4. The second-order valence-electron chi connectivity index (χ2n) is 3.86. The lowest BCUT2D eigenvalue weighted by Gasteiger charge is -2.13. The Kier molecular flexibility index (Phi) is 2.67. The summed E-state index contributed by atoms with van der Waals surface area (Å²) >= 11 is 5.20. The van der Waals surface area contributed by atoms with E-state index in [1.54, 1.807) is 0 Å². The molecule has 16 heavy (non-hydrogen) atoms. The molecule has 2 aromatic heterocycles. The topological polar surface area (TPSA) is 59.6 Å². The molecule has 0 amide bonds. The molecule has 0 spiro atoms. The summed E-state index contributed by atoms with van der Waals surface area (Å²) < 4.78 is 7.74. The SMILES string of the molecule is Cc1noc(C)c1C(C)n1c(C)n[nH]c1=S. The van der Waals surface area contributed by atoms with Crippen LogP contribution in [0.1, 0.15) is 35.8 Å². The van der Waals surface area contributed by atoms with E-state index in [9.17, 15) is 0 Å². The summed E-state index contributed by atoms with van der Waals surface area (Å²) in [7, 11) is 0. The fraction of sp³-hybridized carbons (Fsp3) is 0.500. The monoisotopic (exact) mass is 238 g/mol. The largest absolute Gasteiger partial charge is 0.361 e. The summed E-state index contributed by atoms with van der Waals surface area (Å²) in [6.07, 6.45) is 0. The molecule has 0 fully saturated rings. The minimum atomic E-state index is 0.0810. The molecule has 0 aliphatic heterocycles. The number of nitrogens with one attached hydrogen (secondary N) is 1. The van der Waals surface area contributed by atoms with Crippen molar-refractivity contribution in [2.24, 2.45) is 0 Å². The minimum absolute atomic E-state index is 0.0810. The number of H-pyrrole nitrogens is 1. The molecule has 0 bridgehead atoms. The first-order chi connectivity index (χ1) is 7.52. The molecule has 86 valence electrons. The lowest BCUT2D eigenvalue weighted by Crippen LogP contribution is -2.10. The van der Waals surface area contributed by atoms with Gasteiger partial charge < -0.3 is 4.52 Å². The van der Waals surface area contributed by atoms with Crippen molar-refractivity contribution >= 4 is 12.2 Å². The lowest BCUT2D eigenvalue weighted by atomic mass is 10.1. The molecule has 0 aliphatic rings. The molecule has 2 aromatic rings. The second kappa shape index (κ2) is 3.86. The van der Waals surface area contributed by atoms with Gasteiger partial charge >= 0.3 is 0 Å². The van der Waals surface area contributed by atoms with Gasteiger partial charge in [-0.15, -0.1) is 0 Å². The number of aryl methyl sites for hydroxylation is 3. The summed E-state index contributed by atoms with van der Waals surface area (Å²) in [6.45, 7) is 7.82. The maximum absolute atomic E-state index is 5.20. The predicted octanol–water partition coefficient (Wildman–Crippen LogP) is 2.46. The lowest BCUT2D eigenvalue weighted by molar-refractivity contribution is 0.390. The molecule has 5 nitrogen and oxygen atoms in total. The van der Waals surface area contributed by atoms with Gasteiger partial charge in [-0.3, -0.25) is 9.67 Å². The van der Waals surface area contributed by atoms with Gasteiger partial charge in [0.05, 0.1) is 11.7 Å². The number of rotatable bonds is 2. The van der Waals surface area contributed by atoms with Crippen molar-refractivity contribution in [2.75, 3.05) is 0 Å². The van der Waals surface area contributed by atoms with Gasteiger partial charge in [0.2, 0.25) is 0 Å². The summed E-state index contributed by atoms with van der Waals surface area (Å²) in [6, 6.07) is 0.0810. The molecule has 0 radical (unpaired) electrons. The minimum Gasteiger partial charge on any atom is -0.361 e. The van der Waals surface area contributed by atoms with E-state index in [1.807, 2.05) is 25.3 Å². The highest BCUT2D eigenvalue weighted by atomic mass is 32.1. The van der Waals surface area contributed by atoms with Crippen LogP contribution in [0.15, 0.2) is 4.52 Å². The summed E-state index contributed by atoms with van der Waals surface area (Å²) in [5.74, 6) is 1.69. The normalized spacial score (nSPS) is 13.0. The van der Waals surface area contributed by atoms with Crippen LogP contribution in [0.2, 0.25) is 0 Å². The fourth-order valence-electron chi connectivity index (χ4n) is 2.06. The van der Waals surface area contributed by atoms with Gasteiger partial charge in [0, 0.05) is 5.56 Å². The Morgan fingerprint density at radius 2 is 2.06 bits per heavy atom. The quantitative estimate of drug-likeness (QED) is 0.816. The van der Waals surface area contributed by atoms with Gasteiger partial charge in [0.25, 0.3) is 0 Å². The van der Waals surface area contributed by atoms with Gasteiger partial charge in [-0.05, 0) is 39.9 Å². The van der Waals surface area contributed by atoms with E-state index < -0.39 is 0 Å². The number of aromatic amines is 1. The number of hydrogen-bond donors (Lipinski definition) is 1. The highest BCUT2D eigenvalue weighted by molar-refractivity contribution is 7.71. The van der Waals surface area contributed by atoms with Crippen LogP contribution >= 0.6 is 12.2 Å². The zero-order valence-corrected chi connectivity index (χ0v) is 10.6. The zero-order chi connectivity index (χ0) is 11.9. The molecule has 0 aliphatic carbocycles. The molecule has 6 heteroatoms. The van der Waals surface area contributed by atoms with E-state index >= 15 is 0 Å². The molecule has 2 rings (SSSR count). The third kappa shape index (κ3) is 1.59. The Hall–Kier alpha value is -1.43. The van der Waals surface area contributed by atoms with E-state index in [0.717, 1.165) is 22.8 Å². The highest BCUT2D eigenvalue weighted by Gasteiger charge is 2.20. The molecular weight excluding hydrogens is 224 g/mol. The van der Waals surface area contributed by atoms with Crippen LogP contribution in [0.5, 0.6) is 0 Å². The van der Waals surface area contributed by atoms with Crippen molar-refractivity contribution < 1.29 is 4.52 Å². The van der Waals surface area contributed by atoms with Crippen molar-refractivity contribution in [3.63, 3.8) is 0 Å². The summed E-state index contributed by atoms with van der Waals surface area (Å²) in [4.78, 5) is 0. The van der Waals surface area contributed by atoms with E-state index in [-0.39, 0.29) is 6.04 Å². The van der Waals surface area contributed by atoms with Crippen molar-refractivity contribution in [1.29, 1.82) is 0 Å². The first kappa shape index (κ1) is 11.1. The van der Waals surface area contributed by atoms with Crippen LogP contribution in [-0.4, -0.2) is 19.9 Å². The van der Waals surface area contributed by atoms with Gasteiger partial charge in [-0.2, -0.15) is 5.10 Å². The zero-order valence-electron chi connectivity index (χ0n) is 9.74. The molecular formula is C10H14N4OS. The summed E-state index contributed by atoms with van der Waals surface area (Å²) in [5, 5.41) is 10.8. The molecule has 2 heterocycles. The smallest absolute Gasteiger partial charge is 0.195 e. The number of nitrogens with zero attached hydrogens (tertiary/aromatic N) is 3. The molecule has 1 unspecified atom stereocenters. The van der Waals surface area contributed by atoms with E-state index in [2.05, 4.69) is 22.3 Å². The van der Waals surface area contributed by atoms with Crippen LogP contribution in [0, 0.1) is 25.5 Å². The average Bonchev–Trinajstić information content (AvgIpc) is 2.71. The van der Waals surface area contributed by atoms with Gasteiger partial charge in [0.15, 0.2) is 4.77 Å². The Morgan fingerprint density at radius 1 is 1.38 bits per heavy atom. The van der Waals surface area contributed by atoms with Crippen LogP contribution < -0.4 is 0 Å². The third-order valence-electron chi connectivity index (χ3n) is 2.77. The Balaban J connectivity index is 2.55. The fourth-order valence-corrected chi connectivity index (χ4v) is 2.39. The van der Waals surface area contributed by atoms with E-state index in [0.29, 0.717) is 4.77 Å². The van der Waals surface area contributed by atoms with Gasteiger partial charge in [-0.1, -0.05) is 5.16 Å². The maximum Gasteiger partial charge on any atom is 0.195 e. The van der Waals surface area contributed by atoms with Crippen LogP contribution in [0.4, 0.5) is 0 Å². The molecule has 1 N–H and O–H groups in total. The van der Waals surface area contributed by atoms with Crippen LogP contribution in [-0.2, 0) is 0 Å². The van der Waals surface area contributed by atoms with E-state index in [4.69, 9.17) is 16.7 Å². The van der Waals surface area contributed by atoms with Crippen molar-refractivity contribution in [1.82, 2.24) is 19.9 Å². The van der Waals surface area contributed by atoms with E-state index in [1.165, 1.54) is 0 Å². The van der Waals surface area contributed by atoms with Crippen molar-refractivity contribution in [2.45, 2.75) is 33.7 Å². The molecule has 1 atom stereocenters. The Morgan fingerprint density at radius 3 is 2.50 bits per heavy atom. The Bertz CT molecular complexity index is 546. The van der Waals surface area contributed by atoms with Crippen LogP contribution in [0.25, 0.3) is 0 Å². The maximum atomic E-state index is 5.20. The van der Waals surface area contributed by atoms with Crippen molar-refractivity contribution in [3.8, 4) is 0 Å². The van der Waals surface area contributed by atoms with Crippen molar-refractivity contribution in [3.05, 3.63) is 27.6 Å². The second-order valence-corrected chi connectivity index (χ2v) is 4.25.